The quantitative estimate of drug-likeness (QED) is 0.421. The Morgan fingerprint density at radius 3 is 2.58 bits per heavy atom. The molecule has 2 aromatic carbocycles. The first kappa shape index (κ1) is 21.2. The third kappa shape index (κ3) is 4.46. The fraction of sp³-hybridized carbons (Fsp3) is 0.292. The summed E-state index contributed by atoms with van der Waals surface area (Å²) in [7, 11) is 2.13. The number of amides is 1. The maximum Gasteiger partial charge on any atom is 0.256 e. The molecule has 170 valence electrons. The second kappa shape index (κ2) is 9.05. The fourth-order valence-electron chi connectivity index (χ4n) is 4.08. The van der Waals surface area contributed by atoms with E-state index in [1.807, 2.05) is 48.5 Å². The molecule has 9 nitrogen and oxygen atoms in total. The number of para-hydroxylation sites is 2. The van der Waals surface area contributed by atoms with Gasteiger partial charge in [0.15, 0.2) is 11.6 Å². The number of aromatic nitrogens is 4. The van der Waals surface area contributed by atoms with Gasteiger partial charge in [0.05, 0.1) is 24.2 Å². The van der Waals surface area contributed by atoms with Crippen LogP contribution in [0, 0.1) is 0 Å². The van der Waals surface area contributed by atoms with E-state index in [2.05, 4.69) is 37.2 Å². The van der Waals surface area contributed by atoms with Crippen molar-refractivity contribution in [2.75, 3.05) is 50.1 Å². The van der Waals surface area contributed by atoms with Gasteiger partial charge >= 0.3 is 0 Å². The molecule has 1 aliphatic rings. The second-order valence-electron chi connectivity index (χ2n) is 8.26. The number of imidazole rings is 1. The van der Waals surface area contributed by atoms with E-state index in [1.165, 1.54) is 0 Å². The number of fused-ring (bicyclic) bond motifs is 1. The zero-order valence-corrected chi connectivity index (χ0v) is 18.5. The number of nitrogens with one attached hydrogen (secondary N) is 2. The minimum atomic E-state index is -0.232. The molecule has 2 aromatic heterocycles. The van der Waals surface area contributed by atoms with E-state index in [0.29, 0.717) is 29.4 Å². The highest BCUT2D eigenvalue weighted by Gasteiger charge is 2.17. The second-order valence-corrected chi connectivity index (χ2v) is 8.26. The van der Waals surface area contributed by atoms with Crippen LogP contribution in [0.15, 0.2) is 54.6 Å². The predicted octanol–water partition coefficient (Wildman–Crippen LogP) is 2.42. The summed E-state index contributed by atoms with van der Waals surface area (Å²) in [4.78, 5) is 25.4. The van der Waals surface area contributed by atoms with Crippen molar-refractivity contribution in [3.05, 3.63) is 60.2 Å². The van der Waals surface area contributed by atoms with Crippen molar-refractivity contribution in [2.24, 2.45) is 0 Å². The standard InChI is InChI=1S/C24H27N7O2/c1-29-10-12-30(13-11-29)18-8-6-17(7-9-18)24(33)27-22-16-21(31(28-22)14-15-32)23-25-19-4-2-3-5-20(19)26-23/h2-9,16,32H,10-15H2,1H3,(H,25,26)(H,27,28,33). The molecule has 3 heterocycles. The van der Waals surface area contributed by atoms with E-state index in [-0.39, 0.29) is 12.5 Å². The Morgan fingerprint density at radius 1 is 1.09 bits per heavy atom. The van der Waals surface area contributed by atoms with Crippen LogP contribution in [0.2, 0.25) is 0 Å². The zero-order chi connectivity index (χ0) is 22.8. The molecule has 3 N–H and O–H groups in total. The van der Waals surface area contributed by atoms with Crippen molar-refractivity contribution in [2.45, 2.75) is 6.54 Å². The number of nitrogens with zero attached hydrogens (tertiary/aromatic N) is 5. The number of hydrogen-bond donors (Lipinski definition) is 3. The fourth-order valence-corrected chi connectivity index (χ4v) is 4.08. The van der Waals surface area contributed by atoms with Crippen LogP contribution in [0.3, 0.4) is 0 Å². The highest BCUT2D eigenvalue weighted by Crippen LogP contribution is 2.24. The summed E-state index contributed by atoms with van der Waals surface area (Å²) in [6, 6.07) is 17.2. The van der Waals surface area contributed by atoms with Crippen LogP contribution in [-0.2, 0) is 6.54 Å². The van der Waals surface area contributed by atoms with Gasteiger partial charge < -0.3 is 25.2 Å². The van der Waals surface area contributed by atoms with Crippen molar-refractivity contribution in [1.29, 1.82) is 0 Å². The van der Waals surface area contributed by atoms with E-state index in [4.69, 9.17) is 0 Å². The molecule has 0 aliphatic carbocycles. The van der Waals surface area contributed by atoms with Crippen molar-refractivity contribution >= 4 is 28.4 Å². The van der Waals surface area contributed by atoms with Gasteiger partial charge in [0, 0.05) is 43.5 Å². The molecule has 0 saturated carbocycles. The first-order valence-corrected chi connectivity index (χ1v) is 11.1. The summed E-state index contributed by atoms with van der Waals surface area (Å²) in [6.45, 7) is 4.25. The highest BCUT2D eigenvalue weighted by molar-refractivity contribution is 6.04. The Labute approximate surface area is 191 Å². The van der Waals surface area contributed by atoms with Gasteiger partial charge in [-0.05, 0) is 43.4 Å². The first-order chi connectivity index (χ1) is 16.1. The molecule has 1 saturated heterocycles. The van der Waals surface area contributed by atoms with Gasteiger partial charge in [-0.25, -0.2) is 4.98 Å². The predicted molar refractivity (Wildman–Crippen MR) is 129 cm³/mol. The lowest BCUT2D eigenvalue weighted by atomic mass is 10.1. The molecule has 0 radical (unpaired) electrons. The van der Waals surface area contributed by atoms with Gasteiger partial charge in [0.2, 0.25) is 0 Å². The monoisotopic (exact) mass is 445 g/mol. The maximum absolute atomic E-state index is 12.8. The van der Waals surface area contributed by atoms with Crippen LogP contribution in [0.25, 0.3) is 22.6 Å². The number of anilines is 2. The van der Waals surface area contributed by atoms with Crippen LogP contribution in [0.1, 0.15) is 10.4 Å². The SMILES string of the molecule is CN1CCN(c2ccc(C(=O)Nc3cc(-c4nc5ccccc5[nH]4)n(CCO)n3)cc2)CC1. The minimum absolute atomic E-state index is 0.0734. The molecule has 1 fully saturated rings. The maximum atomic E-state index is 12.8. The number of hydrogen-bond acceptors (Lipinski definition) is 6. The lowest BCUT2D eigenvalue weighted by Crippen LogP contribution is -2.44. The topological polar surface area (TPSA) is 102 Å². The zero-order valence-electron chi connectivity index (χ0n) is 18.5. The van der Waals surface area contributed by atoms with Crippen molar-refractivity contribution in [3.63, 3.8) is 0 Å². The molecule has 1 amide bonds. The normalized spacial score (nSPS) is 14.7. The Balaban J connectivity index is 1.33. The Morgan fingerprint density at radius 2 is 1.85 bits per heavy atom. The molecule has 5 rings (SSSR count). The van der Waals surface area contributed by atoms with E-state index in [1.54, 1.807) is 10.7 Å². The van der Waals surface area contributed by atoms with Gasteiger partial charge in [0.1, 0.15) is 5.69 Å². The molecule has 9 heteroatoms. The van der Waals surface area contributed by atoms with Gasteiger partial charge in [-0.2, -0.15) is 5.10 Å². The van der Waals surface area contributed by atoms with E-state index >= 15 is 0 Å². The molecule has 0 atom stereocenters. The number of carbonyl (C=O) groups excluding carboxylic acids is 1. The number of benzene rings is 2. The smallest absolute Gasteiger partial charge is 0.256 e. The van der Waals surface area contributed by atoms with Crippen LogP contribution >= 0.6 is 0 Å². The molecular weight excluding hydrogens is 418 g/mol. The number of likely N-dealkylation sites (N-methyl/N-ethyl adjacent to an activating group) is 1. The van der Waals surface area contributed by atoms with Gasteiger partial charge in [0.25, 0.3) is 5.91 Å². The molecule has 4 aromatic rings. The van der Waals surface area contributed by atoms with Gasteiger partial charge in [-0.1, -0.05) is 12.1 Å². The average molecular weight is 446 g/mol. The number of aromatic amines is 1. The van der Waals surface area contributed by atoms with Gasteiger partial charge in [-0.3, -0.25) is 9.48 Å². The molecule has 0 unspecified atom stereocenters. The lowest BCUT2D eigenvalue weighted by Gasteiger charge is -2.34. The van der Waals surface area contributed by atoms with E-state index < -0.39 is 0 Å². The number of rotatable bonds is 6. The van der Waals surface area contributed by atoms with Gasteiger partial charge in [-0.15, -0.1) is 0 Å². The summed E-state index contributed by atoms with van der Waals surface area (Å²) in [5.41, 5.74) is 4.14. The number of aliphatic hydroxyl groups is 1. The number of piperazine rings is 1. The van der Waals surface area contributed by atoms with E-state index in [9.17, 15) is 9.90 Å². The van der Waals surface area contributed by atoms with Crippen molar-refractivity contribution in [1.82, 2.24) is 24.6 Å². The molecule has 0 spiro atoms. The summed E-state index contributed by atoms with van der Waals surface area (Å²) in [5, 5.41) is 16.8. The number of carbonyl (C=O) groups is 1. The van der Waals surface area contributed by atoms with Crippen LogP contribution < -0.4 is 10.2 Å². The third-order valence-corrected chi connectivity index (χ3v) is 5.96. The highest BCUT2D eigenvalue weighted by atomic mass is 16.3. The summed E-state index contributed by atoms with van der Waals surface area (Å²) in [5.74, 6) is 0.811. The number of aliphatic hydroxyl groups excluding tert-OH is 1. The Bertz CT molecular complexity index is 1220. The minimum Gasteiger partial charge on any atom is -0.394 e. The first-order valence-electron chi connectivity index (χ1n) is 11.1. The third-order valence-electron chi connectivity index (χ3n) is 5.96. The summed E-state index contributed by atoms with van der Waals surface area (Å²) >= 11 is 0. The molecule has 0 bridgehead atoms. The van der Waals surface area contributed by atoms with Crippen molar-refractivity contribution < 1.29 is 9.90 Å². The summed E-state index contributed by atoms with van der Waals surface area (Å²) in [6.07, 6.45) is 0. The Hall–Kier alpha value is -3.69. The number of H-pyrrole nitrogens is 1. The van der Waals surface area contributed by atoms with Crippen LogP contribution in [0.5, 0.6) is 0 Å². The summed E-state index contributed by atoms with van der Waals surface area (Å²) < 4.78 is 1.64. The van der Waals surface area contributed by atoms with E-state index in [0.717, 1.165) is 42.9 Å². The van der Waals surface area contributed by atoms with Crippen molar-refractivity contribution in [3.8, 4) is 11.5 Å². The van der Waals surface area contributed by atoms with Crippen LogP contribution in [0.4, 0.5) is 11.5 Å². The molecular formula is C24H27N7O2. The molecule has 1 aliphatic heterocycles. The Kier molecular flexibility index (Phi) is 5.80. The molecule has 33 heavy (non-hydrogen) atoms. The largest absolute Gasteiger partial charge is 0.394 e. The lowest BCUT2D eigenvalue weighted by molar-refractivity contribution is 0.102. The average Bonchev–Trinajstić information content (AvgIpc) is 3.43. The van der Waals surface area contributed by atoms with Crippen LogP contribution in [-0.4, -0.2) is 75.5 Å².